The maximum atomic E-state index is 5.87. The predicted molar refractivity (Wildman–Crippen MR) is 145 cm³/mol. The molecule has 3 aromatic heterocycles. The zero-order valence-electron chi connectivity index (χ0n) is 21.2. The average molecular weight is 486 g/mol. The molecule has 0 spiro atoms. The lowest BCUT2D eigenvalue weighted by Gasteiger charge is -2.30. The lowest BCUT2D eigenvalue weighted by molar-refractivity contribution is 0.236. The van der Waals surface area contributed by atoms with Crippen molar-refractivity contribution in [2.24, 2.45) is 0 Å². The Hall–Kier alpha value is -3.52. The van der Waals surface area contributed by atoms with Crippen LogP contribution < -0.4 is 15.5 Å². The molecule has 2 fully saturated rings. The van der Waals surface area contributed by atoms with E-state index >= 15 is 0 Å². The van der Waals surface area contributed by atoms with Crippen LogP contribution in [0.2, 0.25) is 0 Å². The van der Waals surface area contributed by atoms with E-state index in [2.05, 4.69) is 38.5 Å². The number of rotatable bonds is 10. The van der Waals surface area contributed by atoms with Crippen molar-refractivity contribution < 1.29 is 4.74 Å². The summed E-state index contributed by atoms with van der Waals surface area (Å²) in [6.45, 7) is 9.08. The highest BCUT2D eigenvalue weighted by molar-refractivity contribution is 5.94. The fraction of sp³-hybridized carbons (Fsp3) is 0.429. The first-order valence-corrected chi connectivity index (χ1v) is 13.0. The first-order chi connectivity index (χ1) is 17.8. The molecule has 0 atom stereocenters. The molecule has 8 nitrogen and oxygen atoms in total. The van der Waals surface area contributed by atoms with Crippen LogP contribution in [0.15, 0.2) is 54.7 Å². The molecule has 0 aromatic carbocycles. The zero-order chi connectivity index (χ0) is 24.7. The van der Waals surface area contributed by atoms with Gasteiger partial charge in [0.05, 0.1) is 18.3 Å². The van der Waals surface area contributed by atoms with Crippen molar-refractivity contribution in [3.05, 3.63) is 60.3 Å². The molecule has 1 aliphatic carbocycles. The van der Waals surface area contributed by atoms with Gasteiger partial charge in [0, 0.05) is 49.5 Å². The molecule has 188 valence electrons. The normalized spacial score (nSPS) is 16.6. The van der Waals surface area contributed by atoms with Crippen LogP contribution >= 0.6 is 0 Å². The van der Waals surface area contributed by atoms with Crippen LogP contribution in [0.25, 0.3) is 22.3 Å². The monoisotopic (exact) mass is 485 g/mol. The third-order valence-corrected chi connectivity index (χ3v) is 6.48. The first kappa shape index (κ1) is 24.2. The summed E-state index contributed by atoms with van der Waals surface area (Å²) in [6.07, 6.45) is 15.1. The average Bonchev–Trinajstić information content (AvgIpc) is 3.77. The van der Waals surface area contributed by atoms with E-state index in [4.69, 9.17) is 14.7 Å². The van der Waals surface area contributed by atoms with Crippen molar-refractivity contribution in [2.45, 2.75) is 39.0 Å². The number of nitrogens with zero attached hydrogens (tertiary/aromatic N) is 5. The van der Waals surface area contributed by atoms with Crippen LogP contribution in [0.1, 0.15) is 44.6 Å². The summed E-state index contributed by atoms with van der Waals surface area (Å²) < 4.78 is 5.87. The van der Waals surface area contributed by atoms with E-state index in [0.717, 1.165) is 61.1 Å². The van der Waals surface area contributed by atoms with Crippen molar-refractivity contribution in [3.8, 4) is 11.4 Å². The molecule has 3 aromatic rings. The van der Waals surface area contributed by atoms with Crippen LogP contribution in [0, 0.1) is 0 Å². The van der Waals surface area contributed by atoms with Gasteiger partial charge in [0.1, 0.15) is 24.0 Å². The van der Waals surface area contributed by atoms with E-state index < -0.39 is 0 Å². The molecule has 1 saturated carbocycles. The fourth-order valence-corrected chi connectivity index (χ4v) is 4.58. The van der Waals surface area contributed by atoms with Gasteiger partial charge in [0.25, 0.3) is 0 Å². The van der Waals surface area contributed by atoms with E-state index in [-0.39, 0.29) is 0 Å². The van der Waals surface area contributed by atoms with Gasteiger partial charge in [-0.15, -0.1) is 0 Å². The summed E-state index contributed by atoms with van der Waals surface area (Å²) >= 11 is 0. The fourth-order valence-electron chi connectivity index (χ4n) is 4.58. The molecule has 0 amide bonds. The maximum absolute atomic E-state index is 5.87. The summed E-state index contributed by atoms with van der Waals surface area (Å²) in [5.41, 5.74) is 3.14. The third-order valence-electron chi connectivity index (χ3n) is 6.48. The number of nitrogens with one attached hydrogen (secondary N) is 2. The van der Waals surface area contributed by atoms with Gasteiger partial charge in [-0.25, -0.2) is 15.0 Å². The molecule has 4 heterocycles. The molecule has 1 aliphatic heterocycles. The van der Waals surface area contributed by atoms with Gasteiger partial charge < -0.3 is 20.3 Å². The number of piperazine rings is 1. The topological polar surface area (TPSA) is 88.1 Å². The molecule has 8 heteroatoms. The van der Waals surface area contributed by atoms with Crippen molar-refractivity contribution in [2.75, 3.05) is 49.5 Å². The van der Waals surface area contributed by atoms with E-state index in [1.54, 1.807) is 6.20 Å². The molecular formula is C28H35N7O. The Labute approximate surface area is 212 Å². The van der Waals surface area contributed by atoms with Gasteiger partial charge >= 0.3 is 0 Å². The number of hydrogen-bond acceptors (Lipinski definition) is 8. The van der Waals surface area contributed by atoms with Crippen molar-refractivity contribution >= 4 is 22.5 Å². The molecule has 2 aliphatic rings. The minimum Gasteiger partial charge on any atom is -0.492 e. The maximum Gasteiger partial charge on any atom is 0.162 e. The van der Waals surface area contributed by atoms with E-state index in [1.807, 2.05) is 43.6 Å². The molecule has 2 N–H and O–H groups in total. The highest BCUT2D eigenvalue weighted by Gasteiger charge is 2.29. The number of hydrogen-bond donors (Lipinski definition) is 2. The van der Waals surface area contributed by atoms with Gasteiger partial charge in [0.15, 0.2) is 5.82 Å². The molecule has 5 rings (SSSR count). The Morgan fingerprint density at radius 3 is 2.86 bits per heavy atom. The molecule has 0 bridgehead atoms. The van der Waals surface area contributed by atoms with Gasteiger partial charge in [0.2, 0.25) is 0 Å². The Morgan fingerprint density at radius 1 is 1.22 bits per heavy atom. The largest absolute Gasteiger partial charge is 0.492 e. The standard InChI is InChI=1S/C28H35N7O/c1-3-5-22(6-4-2)36-16-13-32-25-17-21(9-10-31-25)27-33-24-19-30-18-23(20-7-8-20)26(24)28(34-27)35-14-11-29-12-15-35/h3,5-6,9-10,17-20,29H,4,7-8,11-16H2,1-2H3,(H,31,32)/b5-3-,22-6+. The smallest absolute Gasteiger partial charge is 0.162 e. The molecule has 0 radical (unpaired) electrons. The second-order valence-corrected chi connectivity index (χ2v) is 9.22. The van der Waals surface area contributed by atoms with Gasteiger partial charge in [-0.3, -0.25) is 4.98 Å². The van der Waals surface area contributed by atoms with Gasteiger partial charge in [-0.1, -0.05) is 13.0 Å². The number of aromatic nitrogens is 4. The SMILES string of the molecule is C/C=C\C(=C/CC)OCCNc1cc(-c2nc(N3CCNCC3)c3c(C4CC4)cncc3n2)ccn1. The quantitative estimate of drug-likeness (QED) is 0.243. The number of anilines is 2. The predicted octanol–water partition coefficient (Wildman–Crippen LogP) is 4.67. The van der Waals surface area contributed by atoms with Crippen LogP contribution in [-0.4, -0.2) is 59.3 Å². The minimum absolute atomic E-state index is 0.553. The lowest BCUT2D eigenvalue weighted by atomic mass is 10.1. The lowest BCUT2D eigenvalue weighted by Crippen LogP contribution is -2.44. The number of ether oxygens (including phenoxy) is 1. The first-order valence-electron chi connectivity index (χ1n) is 13.0. The Kier molecular flexibility index (Phi) is 7.71. The number of pyridine rings is 2. The summed E-state index contributed by atoms with van der Waals surface area (Å²) in [5.74, 6) is 3.98. The highest BCUT2D eigenvalue weighted by atomic mass is 16.5. The van der Waals surface area contributed by atoms with Crippen molar-refractivity contribution in [3.63, 3.8) is 0 Å². The van der Waals surface area contributed by atoms with Crippen molar-refractivity contribution in [1.29, 1.82) is 0 Å². The summed E-state index contributed by atoms with van der Waals surface area (Å²) in [7, 11) is 0. The Morgan fingerprint density at radius 2 is 2.08 bits per heavy atom. The Balaban J connectivity index is 1.39. The zero-order valence-corrected chi connectivity index (χ0v) is 21.2. The molecule has 0 unspecified atom stereocenters. The number of fused-ring (bicyclic) bond motifs is 1. The van der Waals surface area contributed by atoms with E-state index in [1.165, 1.54) is 23.8 Å². The second-order valence-electron chi connectivity index (χ2n) is 9.22. The molecule has 36 heavy (non-hydrogen) atoms. The molecular weight excluding hydrogens is 450 g/mol. The van der Waals surface area contributed by atoms with Gasteiger partial charge in [-0.2, -0.15) is 0 Å². The van der Waals surface area contributed by atoms with E-state index in [0.29, 0.717) is 24.9 Å². The van der Waals surface area contributed by atoms with Crippen LogP contribution in [0.3, 0.4) is 0 Å². The summed E-state index contributed by atoms with van der Waals surface area (Å²) in [4.78, 5) is 21.5. The minimum atomic E-state index is 0.553. The number of allylic oxidation sites excluding steroid dienone is 3. The molecule has 1 saturated heterocycles. The van der Waals surface area contributed by atoms with Crippen LogP contribution in [0.4, 0.5) is 11.6 Å². The highest BCUT2D eigenvalue weighted by Crippen LogP contribution is 2.44. The van der Waals surface area contributed by atoms with Crippen molar-refractivity contribution in [1.82, 2.24) is 25.3 Å². The summed E-state index contributed by atoms with van der Waals surface area (Å²) in [6, 6.07) is 3.98. The van der Waals surface area contributed by atoms with Crippen LogP contribution in [-0.2, 0) is 4.74 Å². The third kappa shape index (κ3) is 5.65. The van der Waals surface area contributed by atoms with Crippen LogP contribution in [0.5, 0.6) is 0 Å². The second kappa shape index (κ2) is 11.5. The van der Waals surface area contributed by atoms with Gasteiger partial charge in [-0.05, 0) is 62.0 Å². The van der Waals surface area contributed by atoms with E-state index in [9.17, 15) is 0 Å². The Bertz CT molecular complexity index is 1250. The summed E-state index contributed by atoms with van der Waals surface area (Å²) in [5, 5.41) is 7.98.